The second kappa shape index (κ2) is 3.70. The molecule has 1 aromatic rings. The number of rotatable bonds is 2. The van der Waals surface area contributed by atoms with Gasteiger partial charge in [0.05, 0.1) is 5.54 Å². The molecule has 0 spiro atoms. The van der Waals surface area contributed by atoms with Crippen LogP contribution in [0.4, 0.5) is 0 Å². The minimum absolute atomic E-state index is 0.124. The van der Waals surface area contributed by atoms with Gasteiger partial charge in [-0.05, 0) is 62.8 Å². The molecule has 1 saturated carbocycles. The highest BCUT2D eigenvalue weighted by Gasteiger charge is 2.40. The van der Waals surface area contributed by atoms with Gasteiger partial charge in [-0.1, -0.05) is 6.07 Å². The molecule has 2 rings (SSSR count). The van der Waals surface area contributed by atoms with E-state index in [9.17, 15) is 4.79 Å². The number of carbonyl (C=O) groups excluding carboxylic acids is 1. The molecule has 1 aromatic carbocycles. The van der Waals surface area contributed by atoms with Crippen molar-refractivity contribution in [3.8, 4) is 0 Å². The van der Waals surface area contributed by atoms with E-state index in [1.807, 2.05) is 19.9 Å². The van der Waals surface area contributed by atoms with Crippen molar-refractivity contribution in [3.63, 3.8) is 0 Å². The molecule has 0 saturated heterocycles. The number of nitrogens with two attached hydrogens (primary N) is 1. The number of benzene rings is 1. The lowest BCUT2D eigenvalue weighted by Gasteiger charge is -2.36. The third kappa shape index (κ3) is 1.67. The molecule has 1 aliphatic rings. The van der Waals surface area contributed by atoms with E-state index in [0.29, 0.717) is 0 Å². The summed E-state index contributed by atoms with van der Waals surface area (Å²) in [7, 11) is 0. The third-order valence-electron chi connectivity index (χ3n) is 3.78. The quantitative estimate of drug-likeness (QED) is 0.774. The fourth-order valence-corrected chi connectivity index (χ4v) is 2.26. The van der Waals surface area contributed by atoms with Gasteiger partial charge in [0.15, 0.2) is 5.78 Å². The van der Waals surface area contributed by atoms with E-state index in [0.717, 1.165) is 36.0 Å². The largest absolute Gasteiger partial charge is 0.319 e. The molecule has 2 N–H and O–H groups in total. The van der Waals surface area contributed by atoms with Crippen LogP contribution in [-0.4, -0.2) is 11.3 Å². The number of hydrogen-bond donors (Lipinski definition) is 1. The van der Waals surface area contributed by atoms with Crippen molar-refractivity contribution in [2.24, 2.45) is 5.73 Å². The maximum Gasteiger partial charge on any atom is 0.182 e. The number of hydrogen-bond acceptors (Lipinski definition) is 2. The highest BCUT2D eigenvalue weighted by molar-refractivity contribution is 6.05. The summed E-state index contributed by atoms with van der Waals surface area (Å²) in [5, 5.41) is 0. The van der Waals surface area contributed by atoms with E-state index < -0.39 is 5.54 Å². The lowest BCUT2D eigenvalue weighted by atomic mass is 9.72. The molecule has 0 amide bonds. The first-order chi connectivity index (χ1) is 7.44. The summed E-state index contributed by atoms with van der Waals surface area (Å²) in [5.74, 6) is 0.124. The van der Waals surface area contributed by atoms with Gasteiger partial charge < -0.3 is 5.73 Å². The van der Waals surface area contributed by atoms with Gasteiger partial charge in [-0.2, -0.15) is 0 Å². The Hall–Kier alpha value is -1.15. The number of carbonyl (C=O) groups is 1. The minimum Gasteiger partial charge on any atom is -0.319 e. The Bertz CT molecular complexity index is 444. The highest BCUT2D eigenvalue weighted by Crippen LogP contribution is 2.33. The van der Waals surface area contributed by atoms with E-state index >= 15 is 0 Å². The SMILES string of the molecule is Cc1cc(C)c(C(=O)C2(N)CCC2)cc1C. The molecule has 86 valence electrons. The molecule has 0 bridgehead atoms. The van der Waals surface area contributed by atoms with Gasteiger partial charge in [-0.25, -0.2) is 0 Å². The molecule has 0 unspecified atom stereocenters. The smallest absolute Gasteiger partial charge is 0.182 e. The Kier molecular flexibility index (Phi) is 2.62. The first-order valence-electron chi connectivity index (χ1n) is 5.85. The summed E-state index contributed by atoms with van der Waals surface area (Å²) in [5.41, 5.74) is 9.76. The monoisotopic (exact) mass is 217 g/mol. The molecular weight excluding hydrogens is 198 g/mol. The van der Waals surface area contributed by atoms with Crippen molar-refractivity contribution < 1.29 is 4.79 Å². The van der Waals surface area contributed by atoms with Gasteiger partial charge in [0.2, 0.25) is 0 Å². The van der Waals surface area contributed by atoms with E-state index in [1.165, 1.54) is 5.56 Å². The van der Waals surface area contributed by atoms with Crippen molar-refractivity contribution in [2.45, 2.75) is 45.6 Å². The van der Waals surface area contributed by atoms with Crippen molar-refractivity contribution in [3.05, 3.63) is 34.4 Å². The van der Waals surface area contributed by atoms with Crippen LogP contribution in [0.3, 0.4) is 0 Å². The molecular formula is C14H19NO. The lowest BCUT2D eigenvalue weighted by Crippen LogP contribution is -2.53. The Morgan fingerprint density at radius 1 is 1.12 bits per heavy atom. The van der Waals surface area contributed by atoms with Crippen LogP contribution in [0.15, 0.2) is 12.1 Å². The second-order valence-corrected chi connectivity index (χ2v) is 5.09. The van der Waals surface area contributed by atoms with Crippen LogP contribution in [-0.2, 0) is 0 Å². The Morgan fingerprint density at radius 3 is 2.19 bits per heavy atom. The predicted molar refractivity (Wildman–Crippen MR) is 65.8 cm³/mol. The Balaban J connectivity index is 2.40. The Morgan fingerprint density at radius 2 is 1.69 bits per heavy atom. The van der Waals surface area contributed by atoms with Gasteiger partial charge >= 0.3 is 0 Å². The van der Waals surface area contributed by atoms with E-state index in [2.05, 4.69) is 13.0 Å². The van der Waals surface area contributed by atoms with Crippen molar-refractivity contribution in [1.82, 2.24) is 0 Å². The summed E-state index contributed by atoms with van der Waals surface area (Å²) in [6.45, 7) is 6.09. The molecule has 0 aromatic heterocycles. The summed E-state index contributed by atoms with van der Waals surface area (Å²) >= 11 is 0. The standard InChI is InChI=1S/C14H19NO/c1-9-7-11(3)12(8-10(9)2)13(16)14(15)5-4-6-14/h7-8H,4-6,15H2,1-3H3. The van der Waals surface area contributed by atoms with E-state index in [1.54, 1.807) is 0 Å². The van der Waals surface area contributed by atoms with Crippen LogP contribution in [0.25, 0.3) is 0 Å². The van der Waals surface area contributed by atoms with E-state index in [4.69, 9.17) is 5.73 Å². The Labute approximate surface area is 96.8 Å². The zero-order valence-corrected chi connectivity index (χ0v) is 10.3. The summed E-state index contributed by atoms with van der Waals surface area (Å²) in [4.78, 5) is 12.3. The van der Waals surface area contributed by atoms with Crippen molar-refractivity contribution in [2.75, 3.05) is 0 Å². The zero-order valence-electron chi connectivity index (χ0n) is 10.3. The number of aryl methyl sites for hydroxylation is 3. The van der Waals surface area contributed by atoms with Crippen LogP contribution in [0.5, 0.6) is 0 Å². The minimum atomic E-state index is -0.577. The third-order valence-corrected chi connectivity index (χ3v) is 3.78. The molecule has 0 atom stereocenters. The molecule has 0 heterocycles. The zero-order chi connectivity index (χ0) is 11.9. The maximum atomic E-state index is 12.3. The van der Waals surface area contributed by atoms with Gasteiger partial charge in [0, 0.05) is 5.56 Å². The summed E-state index contributed by atoms with van der Waals surface area (Å²) < 4.78 is 0. The second-order valence-electron chi connectivity index (χ2n) is 5.09. The molecule has 2 nitrogen and oxygen atoms in total. The molecule has 16 heavy (non-hydrogen) atoms. The fraction of sp³-hybridized carbons (Fsp3) is 0.500. The first-order valence-corrected chi connectivity index (χ1v) is 5.85. The molecule has 1 fully saturated rings. The predicted octanol–water partition coefficient (Wildman–Crippen LogP) is 2.68. The van der Waals surface area contributed by atoms with Crippen LogP contribution >= 0.6 is 0 Å². The van der Waals surface area contributed by atoms with Gasteiger partial charge in [-0.15, -0.1) is 0 Å². The normalized spacial score (nSPS) is 18.0. The van der Waals surface area contributed by atoms with Crippen LogP contribution in [0.1, 0.15) is 46.3 Å². The molecule has 2 heteroatoms. The number of ketones is 1. The van der Waals surface area contributed by atoms with Crippen molar-refractivity contribution in [1.29, 1.82) is 0 Å². The molecule has 0 aliphatic heterocycles. The average molecular weight is 217 g/mol. The number of Topliss-reactive ketones (excluding diaryl/α,β-unsaturated/α-hetero) is 1. The van der Waals surface area contributed by atoms with Gasteiger partial charge in [-0.3, -0.25) is 4.79 Å². The topological polar surface area (TPSA) is 43.1 Å². The lowest BCUT2D eigenvalue weighted by molar-refractivity contribution is 0.0800. The first kappa shape index (κ1) is 11.3. The van der Waals surface area contributed by atoms with Gasteiger partial charge in [0.1, 0.15) is 0 Å². The summed E-state index contributed by atoms with van der Waals surface area (Å²) in [6, 6.07) is 4.06. The highest BCUT2D eigenvalue weighted by atomic mass is 16.1. The van der Waals surface area contributed by atoms with Gasteiger partial charge in [0.25, 0.3) is 0 Å². The average Bonchev–Trinajstić information content (AvgIpc) is 2.19. The molecule has 0 radical (unpaired) electrons. The van der Waals surface area contributed by atoms with Crippen LogP contribution in [0.2, 0.25) is 0 Å². The van der Waals surface area contributed by atoms with Crippen LogP contribution < -0.4 is 5.73 Å². The molecule has 1 aliphatic carbocycles. The summed E-state index contributed by atoms with van der Waals surface area (Å²) in [6.07, 6.45) is 2.74. The maximum absolute atomic E-state index is 12.3. The fourth-order valence-electron chi connectivity index (χ4n) is 2.26. The van der Waals surface area contributed by atoms with E-state index in [-0.39, 0.29) is 5.78 Å². The van der Waals surface area contributed by atoms with Crippen LogP contribution in [0, 0.1) is 20.8 Å². The van der Waals surface area contributed by atoms with Crippen molar-refractivity contribution >= 4 is 5.78 Å².